The maximum Gasteiger partial charge on any atom is 0.328 e. The molecule has 0 aliphatic heterocycles. The van der Waals surface area contributed by atoms with Gasteiger partial charge in [-0.1, -0.05) is 0 Å². The van der Waals surface area contributed by atoms with Crippen LogP contribution in [0.3, 0.4) is 0 Å². The number of carboxylic acids is 1. The standard InChI is InChI=1S/C13H24N4O9/c1-5(21)9(14)12(24)16-7(3-19)10(22)15-6(2-18)11(23)17-8(4-20)13(25)26/h5-9,18-21H,2-4,14H2,1H3,(H,15,22)(H,16,24)(H,17,23)(H,25,26). The third kappa shape index (κ3) is 7.28. The Morgan fingerprint density at radius 1 is 0.808 bits per heavy atom. The molecule has 13 heteroatoms. The Labute approximate surface area is 148 Å². The molecule has 0 saturated carbocycles. The first-order valence-electron chi connectivity index (χ1n) is 7.49. The lowest BCUT2D eigenvalue weighted by Crippen LogP contribution is -2.60. The zero-order valence-corrected chi connectivity index (χ0v) is 14.0. The highest BCUT2D eigenvalue weighted by Gasteiger charge is 2.30. The van der Waals surface area contributed by atoms with Gasteiger partial charge < -0.3 is 47.2 Å². The van der Waals surface area contributed by atoms with Gasteiger partial charge in [-0.15, -0.1) is 0 Å². The topological polar surface area (TPSA) is 232 Å². The van der Waals surface area contributed by atoms with Crippen molar-refractivity contribution in [2.75, 3.05) is 19.8 Å². The van der Waals surface area contributed by atoms with E-state index in [1.807, 2.05) is 10.6 Å². The van der Waals surface area contributed by atoms with Crippen molar-refractivity contribution in [2.45, 2.75) is 37.2 Å². The fourth-order valence-corrected chi connectivity index (χ4v) is 1.61. The second-order valence-corrected chi connectivity index (χ2v) is 5.34. The number of hydrogen-bond donors (Lipinski definition) is 9. The number of nitrogens with two attached hydrogens (primary N) is 1. The molecule has 5 unspecified atom stereocenters. The molecular formula is C13H24N4O9. The first kappa shape index (κ1) is 23.7. The lowest BCUT2D eigenvalue weighted by Gasteiger charge is -2.23. The minimum absolute atomic E-state index is 0.877. The summed E-state index contributed by atoms with van der Waals surface area (Å²) >= 11 is 0. The first-order valence-corrected chi connectivity index (χ1v) is 7.49. The number of carbonyl (C=O) groups is 4. The Bertz CT molecular complexity index is 514. The minimum atomic E-state index is -1.65. The molecule has 13 nitrogen and oxygen atoms in total. The highest BCUT2D eigenvalue weighted by Crippen LogP contribution is 1.94. The summed E-state index contributed by atoms with van der Waals surface area (Å²) in [5.41, 5.74) is 5.38. The summed E-state index contributed by atoms with van der Waals surface area (Å²) in [4.78, 5) is 46.3. The summed E-state index contributed by atoms with van der Waals surface area (Å²) in [5.74, 6) is -4.64. The van der Waals surface area contributed by atoms with E-state index in [4.69, 9.17) is 15.9 Å². The molecular weight excluding hydrogens is 356 g/mol. The lowest BCUT2D eigenvalue weighted by molar-refractivity contribution is -0.143. The maximum atomic E-state index is 12.0. The van der Waals surface area contributed by atoms with E-state index < -0.39 is 73.8 Å². The van der Waals surface area contributed by atoms with E-state index in [1.165, 1.54) is 6.92 Å². The van der Waals surface area contributed by atoms with Gasteiger partial charge in [-0.3, -0.25) is 14.4 Å². The average molecular weight is 380 g/mol. The Kier molecular flexibility index (Phi) is 10.3. The number of amides is 3. The molecule has 0 aromatic rings. The SMILES string of the molecule is CC(O)C(N)C(=O)NC(CO)C(=O)NC(CO)C(=O)NC(CO)C(=O)O. The van der Waals surface area contributed by atoms with Gasteiger partial charge in [-0.05, 0) is 6.92 Å². The van der Waals surface area contributed by atoms with Crippen LogP contribution in [0.5, 0.6) is 0 Å². The van der Waals surface area contributed by atoms with Crippen molar-refractivity contribution in [1.29, 1.82) is 0 Å². The van der Waals surface area contributed by atoms with Gasteiger partial charge >= 0.3 is 5.97 Å². The van der Waals surface area contributed by atoms with Gasteiger partial charge in [-0.25, -0.2) is 4.79 Å². The van der Waals surface area contributed by atoms with Gasteiger partial charge in [0, 0.05) is 0 Å². The van der Waals surface area contributed by atoms with Crippen LogP contribution in [0.2, 0.25) is 0 Å². The normalized spacial score (nSPS) is 16.5. The molecule has 0 rings (SSSR count). The van der Waals surface area contributed by atoms with Crippen LogP contribution < -0.4 is 21.7 Å². The smallest absolute Gasteiger partial charge is 0.328 e. The molecule has 10 N–H and O–H groups in total. The van der Waals surface area contributed by atoms with Gasteiger partial charge in [0.1, 0.15) is 24.2 Å². The predicted molar refractivity (Wildman–Crippen MR) is 84.3 cm³/mol. The van der Waals surface area contributed by atoms with Crippen molar-refractivity contribution in [2.24, 2.45) is 5.73 Å². The molecule has 26 heavy (non-hydrogen) atoms. The third-order valence-electron chi connectivity index (χ3n) is 3.25. The first-order chi connectivity index (χ1) is 12.1. The zero-order chi connectivity index (χ0) is 20.4. The van der Waals surface area contributed by atoms with E-state index >= 15 is 0 Å². The van der Waals surface area contributed by atoms with Gasteiger partial charge in [0.25, 0.3) is 0 Å². The minimum Gasteiger partial charge on any atom is -0.480 e. The molecule has 0 aromatic carbocycles. The van der Waals surface area contributed by atoms with Crippen molar-refractivity contribution in [3.63, 3.8) is 0 Å². The molecule has 5 atom stereocenters. The van der Waals surface area contributed by atoms with E-state index in [2.05, 4.69) is 5.32 Å². The van der Waals surface area contributed by atoms with E-state index in [-0.39, 0.29) is 0 Å². The molecule has 0 aliphatic rings. The predicted octanol–water partition coefficient (Wildman–Crippen LogP) is -5.79. The second-order valence-electron chi connectivity index (χ2n) is 5.34. The lowest BCUT2D eigenvalue weighted by atomic mass is 10.1. The van der Waals surface area contributed by atoms with Crippen molar-refractivity contribution in [3.05, 3.63) is 0 Å². The van der Waals surface area contributed by atoms with E-state index in [0.29, 0.717) is 0 Å². The molecule has 0 radical (unpaired) electrons. The number of hydrogen-bond acceptors (Lipinski definition) is 9. The molecule has 0 bridgehead atoms. The van der Waals surface area contributed by atoms with Crippen LogP contribution in [0, 0.1) is 0 Å². The molecule has 0 aromatic heterocycles. The third-order valence-corrected chi connectivity index (χ3v) is 3.25. The summed E-state index contributed by atoms with van der Waals surface area (Å²) in [6.07, 6.45) is -1.22. The van der Waals surface area contributed by atoms with Crippen LogP contribution in [-0.2, 0) is 19.2 Å². The average Bonchev–Trinajstić information content (AvgIpc) is 2.59. The summed E-state index contributed by atoms with van der Waals surface area (Å²) in [6.45, 7) is -1.48. The van der Waals surface area contributed by atoms with Gasteiger partial charge in [0.2, 0.25) is 17.7 Å². The fourth-order valence-electron chi connectivity index (χ4n) is 1.61. The van der Waals surface area contributed by atoms with Crippen molar-refractivity contribution in [1.82, 2.24) is 16.0 Å². The summed E-state index contributed by atoms with van der Waals surface area (Å²) in [7, 11) is 0. The Morgan fingerprint density at radius 2 is 1.15 bits per heavy atom. The largest absolute Gasteiger partial charge is 0.480 e. The van der Waals surface area contributed by atoms with Crippen LogP contribution in [-0.4, -0.2) is 99.3 Å². The van der Waals surface area contributed by atoms with Crippen molar-refractivity contribution in [3.8, 4) is 0 Å². The van der Waals surface area contributed by atoms with Crippen LogP contribution >= 0.6 is 0 Å². The molecule has 0 aliphatic carbocycles. The summed E-state index contributed by atoms with van der Waals surface area (Å²) < 4.78 is 0. The number of carboxylic acid groups (broad SMARTS) is 1. The van der Waals surface area contributed by atoms with Crippen LogP contribution in [0.1, 0.15) is 6.92 Å². The van der Waals surface area contributed by atoms with E-state index in [9.17, 15) is 34.5 Å². The fraction of sp³-hybridized carbons (Fsp3) is 0.692. The monoisotopic (exact) mass is 380 g/mol. The van der Waals surface area contributed by atoms with Crippen LogP contribution in [0.4, 0.5) is 0 Å². The second kappa shape index (κ2) is 11.3. The number of carbonyl (C=O) groups excluding carboxylic acids is 3. The van der Waals surface area contributed by atoms with Crippen molar-refractivity contribution < 1.29 is 44.7 Å². The highest BCUT2D eigenvalue weighted by atomic mass is 16.4. The molecule has 0 heterocycles. The molecule has 0 saturated heterocycles. The van der Waals surface area contributed by atoms with Crippen molar-refractivity contribution >= 4 is 23.7 Å². The molecule has 0 fully saturated rings. The summed E-state index contributed by atoms with van der Waals surface area (Å²) in [6, 6.07) is -6.16. The number of rotatable bonds is 11. The Hall–Kier alpha value is -2.32. The highest BCUT2D eigenvalue weighted by molar-refractivity contribution is 5.94. The van der Waals surface area contributed by atoms with Gasteiger partial charge in [0.15, 0.2) is 0 Å². The maximum absolute atomic E-state index is 12.0. The Morgan fingerprint density at radius 3 is 1.46 bits per heavy atom. The van der Waals surface area contributed by atoms with E-state index in [1.54, 1.807) is 0 Å². The van der Waals surface area contributed by atoms with Gasteiger partial charge in [0.05, 0.1) is 25.9 Å². The molecule has 150 valence electrons. The van der Waals surface area contributed by atoms with Gasteiger partial charge in [-0.2, -0.15) is 0 Å². The number of aliphatic hydroxyl groups is 4. The summed E-state index contributed by atoms with van der Waals surface area (Å²) in [5, 5.41) is 51.1. The van der Waals surface area contributed by atoms with Crippen LogP contribution in [0.15, 0.2) is 0 Å². The number of aliphatic hydroxyl groups excluding tert-OH is 4. The zero-order valence-electron chi connectivity index (χ0n) is 14.0. The Balaban J connectivity index is 4.91. The quantitative estimate of drug-likeness (QED) is 0.165. The number of nitrogens with one attached hydrogen (secondary N) is 3. The molecule has 0 spiro atoms. The molecule has 3 amide bonds. The number of aliphatic carboxylic acids is 1. The van der Waals surface area contributed by atoms with E-state index in [0.717, 1.165) is 0 Å². The van der Waals surface area contributed by atoms with Crippen LogP contribution in [0.25, 0.3) is 0 Å².